The molecule has 160 valence electrons. The molecule has 1 aliphatic rings. The van der Waals surface area contributed by atoms with Crippen molar-refractivity contribution in [3.05, 3.63) is 57.8 Å². The number of carbonyl (C=O) groups is 2. The second-order valence-electron chi connectivity index (χ2n) is 6.99. The number of aromatic carboxylic acids is 1. The summed E-state index contributed by atoms with van der Waals surface area (Å²) < 4.78 is 16.1. The minimum absolute atomic E-state index is 0.171. The Bertz CT molecular complexity index is 1150. The number of fused-ring (bicyclic) bond motifs is 1. The van der Waals surface area contributed by atoms with E-state index in [4.69, 9.17) is 14.2 Å². The number of rotatable bonds is 6. The summed E-state index contributed by atoms with van der Waals surface area (Å²) in [4.78, 5) is 25.7. The molecule has 4 rings (SSSR count). The number of carbonyl (C=O) groups excluding carboxylic acids is 1. The molecule has 1 amide bonds. The Hall–Kier alpha value is -3.52. The molecule has 0 fully saturated rings. The third-order valence-corrected chi connectivity index (χ3v) is 6.58. The summed E-state index contributed by atoms with van der Waals surface area (Å²) in [5, 5.41) is 12.8. The molecule has 2 N–H and O–H groups in total. The molecule has 1 aromatic heterocycles. The van der Waals surface area contributed by atoms with Crippen molar-refractivity contribution in [2.24, 2.45) is 0 Å². The largest absolute Gasteiger partial charge is 0.497 e. The second-order valence-corrected chi connectivity index (χ2v) is 8.04. The van der Waals surface area contributed by atoms with Gasteiger partial charge in [0.2, 0.25) is 5.91 Å². The molecule has 0 bridgehead atoms. The zero-order chi connectivity index (χ0) is 22.1. The fraction of sp³-hybridized carbons (Fsp3) is 0.217. The highest BCUT2D eigenvalue weighted by atomic mass is 32.1. The Morgan fingerprint density at radius 2 is 1.71 bits per heavy atom. The average molecular weight is 439 g/mol. The lowest BCUT2D eigenvalue weighted by atomic mass is 9.88. The Morgan fingerprint density at radius 3 is 2.32 bits per heavy atom. The number of ether oxygens (including phenoxy) is 3. The van der Waals surface area contributed by atoms with E-state index < -0.39 is 5.97 Å². The Labute approximate surface area is 183 Å². The van der Waals surface area contributed by atoms with E-state index in [-0.39, 0.29) is 23.1 Å². The van der Waals surface area contributed by atoms with E-state index in [1.807, 2.05) is 6.07 Å². The lowest BCUT2D eigenvalue weighted by Crippen LogP contribution is -2.22. The molecule has 7 nitrogen and oxygen atoms in total. The maximum absolute atomic E-state index is 12.7. The molecule has 0 saturated heterocycles. The summed E-state index contributed by atoms with van der Waals surface area (Å²) in [7, 11) is 4.70. The molecule has 31 heavy (non-hydrogen) atoms. The predicted octanol–water partition coefficient (Wildman–Crippen LogP) is 4.61. The summed E-state index contributed by atoms with van der Waals surface area (Å²) in [6, 6.07) is 12.5. The maximum atomic E-state index is 12.7. The van der Waals surface area contributed by atoms with Crippen molar-refractivity contribution in [3.63, 3.8) is 0 Å². The number of hydrogen-bond donors (Lipinski definition) is 2. The number of anilines is 1. The normalized spacial score (nSPS) is 15.1. The van der Waals surface area contributed by atoms with Crippen LogP contribution in [0.1, 0.15) is 32.5 Å². The first-order chi connectivity index (χ1) is 15.0. The Balaban J connectivity index is 1.93. The third-order valence-electron chi connectivity index (χ3n) is 5.29. The van der Waals surface area contributed by atoms with Crippen molar-refractivity contribution in [2.75, 3.05) is 26.6 Å². The number of carboxylic acids is 1. The summed E-state index contributed by atoms with van der Waals surface area (Å²) in [5.74, 6) is 0.316. The highest BCUT2D eigenvalue weighted by Crippen LogP contribution is 2.51. The van der Waals surface area contributed by atoms with Gasteiger partial charge in [-0.2, -0.15) is 0 Å². The smallest absolute Gasteiger partial charge is 0.346 e. The van der Waals surface area contributed by atoms with E-state index in [2.05, 4.69) is 5.32 Å². The van der Waals surface area contributed by atoms with Gasteiger partial charge >= 0.3 is 5.97 Å². The van der Waals surface area contributed by atoms with Crippen LogP contribution in [0, 0.1) is 0 Å². The van der Waals surface area contributed by atoms with Gasteiger partial charge in [0, 0.05) is 28.3 Å². The molecule has 1 aliphatic heterocycles. The first kappa shape index (κ1) is 20.7. The monoisotopic (exact) mass is 439 g/mol. The van der Waals surface area contributed by atoms with Crippen LogP contribution in [-0.2, 0) is 4.79 Å². The Morgan fingerprint density at radius 1 is 1.03 bits per heavy atom. The molecule has 0 aliphatic carbocycles. The zero-order valence-corrected chi connectivity index (χ0v) is 18.0. The van der Waals surface area contributed by atoms with Crippen molar-refractivity contribution in [1.82, 2.24) is 0 Å². The first-order valence-corrected chi connectivity index (χ1v) is 10.3. The average Bonchev–Trinajstić information content (AvgIpc) is 3.17. The number of hydrogen-bond acceptors (Lipinski definition) is 6. The van der Waals surface area contributed by atoms with E-state index >= 15 is 0 Å². The summed E-state index contributed by atoms with van der Waals surface area (Å²) in [6.45, 7) is 0. The standard InChI is InChI=1S/C23H21NO6S/c1-28-13-6-4-12(5-7-13)19-20-21(31-22(19)23(26)27)16(11-18(25)24-20)15-10-14(29-2)8-9-17(15)30-3/h4-10,16H,11H2,1-3H3,(H,24,25)(H,26,27). The van der Waals surface area contributed by atoms with Gasteiger partial charge in [-0.15, -0.1) is 11.3 Å². The van der Waals surface area contributed by atoms with Gasteiger partial charge in [0.15, 0.2) is 0 Å². The van der Waals surface area contributed by atoms with Crippen LogP contribution in [0.15, 0.2) is 42.5 Å². The lowest BCUT2D eigenvalue weighted by molar-refractivity contribution is -0.116. The van der Waals surface area contributed by atoms with Crippen molar-refractivity contribution in [3.8, 4) is 28.4 Å². The van der Waals surface area contributed by atoms with Gasteiger partial charge in [-0.25, -0.2) is 4.79 Å². The van der Waals surface area contributed by atoms with Gasteiger partial charge in [0.1, 0.15) is 22.1 Å². The summed E-state index contributed by atoms with van der Waals surface area (Å²) in [5.41, 5.74) is 2.49. The molecule has 1 atom stereocenters. The molecule has 2 aromatic carbocycles. The number of methoxy groups -OCH3 is 3. The van der Waals surface area contributed by atoms with Crippen molar-refractivity contribution >= 4 is 28.9 Å². The van der Waals surface area contributed by atoms with E-state index in [9.17, 15) is 14.7 Å². The number of amides is 1. The third kappa shape index (κ3) is 3.70. The van der Waals surface area contributed by atoms with Crippen molar-refractivity contribution in [2.45, 2.75) is 12.3 Å². The van der Waals surface area contributed by atoms with Gasteiger partial charge < -0.3 is 24.6 Å². The molecule has 1 unspecified atom stereocenters. The van der Waals surface area contributed by atoms with Crippen molar-refractivity contribution in [1.29, 1.82) is 0 Å². The van der Waals surface area contributed by atoms with Crippen molar-refractivity contribution < 1.29 is 28.9 Å². The lowest BCUT2D eigenvalue weighted by Gasteiger charge is -2.25. The molecular weight excluding hydrogens is 418 g/mol. The predicted molar refractivity (Wildman–Crippen MR) is 118 cm³/mol. The van der Waals surface area contributed by atoms with Crippen LogP contribution in [0.4, 0.5) is 5.69 Å². The Kier molecular flexibility index (Phi) is 5.56. The molecule has 0 saturated carbocycles. The quantitative estimate of drug-likeness (QED) is 0.582. The molecule has 0 spiro atoms. The van der Waals surface area contributed by atoms with E-state index in [1.54, 1.807) is 57.7 Å². The van der Waals surface area contributed by atoms with Crippen LogP contribution >= 0.6 is 11.3 Å². The number of nitrogens with one attached hydrogen (secondary N) is 1. The molecule has 2 heterocycles. The topological polar surface area (TPSA) is 94.1 Å². The number of thiophene rings is 1. The highest BCUT2D eigenvalue weighted by Gasteiger charge is 2.35. The van der Waals surface area contributed by atoms with Crippen LogP contribution in [0.5, 0.6) is 17.2 Å². The molecule has 0 radical (unpaired) electrons. The zero-order valence-electron chi connectivity index (χ0n) is 17.2. The van der Waals surface area contributed by atoms with Gasteiger partial charge in [-0.05, 0) is 35.9 Å². The minimum Gasteiger partial charge on any atom is -0.497 e. The van der Waals surface area contributed by atoms with E-state index in [0.29, 0.717) is 34.1 Å². The van der Waals surface area contributed by atoms with Gasteiger partial charge in [-0.3, -0.25) is 4.79 Å². The van der Waals surface area contributed by atoms with E-state index in [0.717, 1.165) is 10.4 Å². The van der Waals surface area contributed by atoms with Gasteiger partial charge in [0.25, 0.3) is 0 Å². The summed E-state index contributed by atoms with van der Waals surface area (Å²) in [6.07, 6.45) is 0.179. The first-order valence-electron chi connectivity index (χ1n) is 9.53. The van der Waals surface area contributed by atoms with Crippen LogP contribution in [-0.4, -0.2) is 38.3 Å². The highest BCUT2D eigenvalue weighted by molar-refractivity contribution is 7.15. The molecular formula is C23H21NO6S. The van der Waals surface area contributed by atoms with Gasteiger partial charge in [-0.1, -0.05) is 12.1 Å². The minimum atomic E-state index is -1.05. The number of benzene rings is 2. The molecule has 3 aromatic rings. The SMILES string of the molecule is COc1ccc(-c2c(C(=O)O)sc3c2NC(=O)CC3c2cc(OC)ccc2OC)cc1. The van der Waals surface area contributed by atoms with Crippen LogP contribution in [0.2, 0.25) is 0 Å². The molecule has 8 heteroatoms. The summed E-state index contributed by atoms with van der Waals surface area (Å²) >= 11 is 1.17. The van der Waals surface area contributed by atoms with Crippen LogP contribution < -0.4 is 19.5 Å². The van der Waals surface area contributed by atoms with E-state index in [1.165, 1.54) is 11.3 Å². The number of carboxylic acid groups (broad SMARTS) is 1. The fourth-order valence-electron chi connectivity index (χ4n) is 3.83. The second kappa shape index (κ2) is 8.31. The van der Waals surface area contributed by atoms with Gasteiger partial charge in [0.05, 0.1) is 27.0 Å². The van der Waals surface area contributed by atoms with Crippen LogP contribution in [0.25, 0.3) is 11.1 Å². The van der Waals surface area contributed by atoms with Crippen LogP contribution in [0.3, 0.4) is 0 Å². The fourth-order valence-corrected chi connectivity index (χ4v) is 5.07. The maximum Gasteiger partial charge on any atom is 0.346 e.